The van der Waals surface area contributed by atoms with Crippen molar-refractivity contribution in [2.75, 3.05) is 34.5 Å². The van der Waals surface area contributed by atoms with E-state index in [0.29, 0.717) is 36.0 Å². The smallest absolute Gasteiger partial charge is 0.254 e. The highest BCUT2D eigenvalue weighted by atomic mass is 19.1. The van der Waals surface area contributed by atoms with E-state index in [4.69, 9.17) is 23.9 Å². The van der Waals surface area contributed by atoms with Crippen molar-refractivity contribution in [1.82, 2.24) is 9.88 Å². The molecule has 5 rings (SSSR count). The summed E-state index contributed by atoms with van der Waals surface area (Å²) in [5.74, 6) is 1.28. The fourth-order valence-corrected chi connectivity index (χ4v) is 4.92. The van der Waals surface area contributed by atoms with Crippen molar-refractivity contribution in [3.05, 3.63) is 83.7 Å². The molecule has 7 nitrogen and oxygen atoms in total. The second-order valence-corrected chi connectivity index (χ2v) is 9.46. The molecule has 1 fully saturated rings. The molecule has 1 aromatic heterocycles. The van der Waals surface area contributed by atoms with Crippen molar-refractivity contribution < 1.29 is 28.1 Å². The van der Waals surface area contributed by atoms with E-state index in [1.54, 1.807) is 26.2 Å². The lowest BCUT2D eigenvalue weighted by Crippen LogP contribution is -2.37. The van der Waals surface area contributed by atoms with E-state index < -0.39 is 0 Å². The average molecular weight is 531 g/mol. The van der Waals surface area contributed by atoms with Crippen LogP contribution in [-0.4, -0.2) is 56.4 Å². The number of carbonyl (C=O) groups is 1. The molecule has 1 amide bonds. The van der Waals surface area contributed by atoms with Gasteiger partial charge in [-0.3, -0.25) is 4.79 Å². The van der Waals surface area contributed by atoms with E-state index in [1.165, 1.54) is 24.3 Å². The van der Waals surface area contributed by atoms with E-state index in [-0.39, 0.29) is 24.4 Å². The van der Waals surface area contributed by atoms with Crippen LogP contribution >= 0.6 is 0 Å². The number of benzene rings is 3. The molecule has 0 saturated carbocycles. The Hall–Kier alpha value is -4.17. The monoisotopic (exact) mass is 530 g/mol. The molecule has 4 aromatic rings. The number of hydrogen-bond donors (Lipinski definition) is 0. The Morgan fingerprint density at radius 2 is 1.77 bits per heavy atom. The first-order valence-electron chi connectivity index (χ1n) is 12.9. The van der Waals surface area contributed by atoms with E-state index in [2.05, 4.69) is 0 Å². The minimum absolute atomic E-state index is 0.0626. The van der Waals surface area contributed by atoms with Crippen molar-refractivity contribution in [3.8, 4) is 28.5 Å². The highest BCUT2D eigenvalue weighted by molar-refractivity contribution is 5.94. The van der Waals surface area contributed by atoms with Crippen LogP contribution in [0.3, 0.4) is 0 Å². The third-order valence-electron chi connectivity index (χ3n) is 6.93. The third-order valence-corrected chi connectivity index (χ3v) is 6.93. The molecule has 1 atom stereocenters. The lowest BCUT2D eigenvalue weighted by molar-refractivity contribution is 0.0507. The van der Waals surface area contributed by atoms with Crippen LogP contribution in [0.2, 0.25) is 0 Å². The summed E-state index contributed by atoms with van der Waals surface area (Å²) in [7, 11) is 4.80. The zero-order valence-electron chi connectivity index (χ0n) is 22.3. The SMILES string of the molecule is COc1cccc(-c2nc3cc(OC)c(OC)cc3cc2CN(CC2CCCO2)C(=O)c2ccc(F)cc2)c1. The predicted octanol–water partition coefficient (Wildman–Crippen LogP) is 5.89. The molecule has 39 heavy (non-hydrogen) atoms. The number of pyridine rings is 1. The molecule has 0 spiro atoms. The first-order chi connectivity index (χ1) is 19.0. The van der Waals surface area contributed by atoms with Crippen LogP contribution in [0.5, 0.6) is 17.2 Å². The summed E-state index contributed by atoms with van der Waals surface area (Å²) in [6, 6.07) is 19.1. The summed E-state index contributed by atoms with van der Waals surface area (Å²) < 4.78 is 36.0. The van der Waals surface area contributed by atoms with Gasteiger partial charge in [0.05, 0.1) is 38.6 Å². The number of ether oxygens (including phenoxy) is 4. The molecule has 8 heteroatoms. The topological polar surface area (TPSA) is 70.1 Å². The maximum Gasteiger partial charge on any atom is 0.254 e. The lowest BCUT2D eigenvalue weighted by atomic mass is 10.0. The lowest BCUT2D eigenvalue weighted by Gasteiger charge is -2.27. The molecule has 1 aliphatic heterocycles. The van der Waals surface area contributed by atoms with Gasteiger partial charge in [0.2, 0.25) is 0 Å². The summed E-state index contributed by atoms with van der Waals surface area (Å²) in [4.78, 5) is 20.5. The maximum atomic E-state index is 13.7. The zero-order chi connectivity index (χ0) is 27.4. The fraction of sp³-hybridized carbons (Fsp3) is 0.290. The van der Waals surface area contributed by atoms with Gasteiger partial charge in [0, 0.05) is 42.3 Å². The number of hydrogen-bond acceptors (Lipinski definition) is 6. The minimum Gasteiger partial charge on any atom is -0.497 e. The first kappa shape index (κ1) is 26.4. The second-order valence-electron chi connectivity index (χ2n) is 9.46. The summed E-state index contributed by atoms with van der Waals surface area (Å²) in [5.41, 5.74) is 3.56. The number of nitrogens with zero attached hydrogens (tertiary/aromatic N) is 2. The molecule has 1 aliphatic rings. The normalized spacial score (nSPS) is 14.8. The Labute approximate surface area is 227 Å². The number of aromatic nitrogens is 1. The Morgan fingerprint density at radius 1 is 1.00 bits per heavy atom. The van der Waals surface area contributed by atoms with Crippen LogP contribution in [0.4, 0.5) is 4.39 Å². The van der Waals surface area contributed by atoms with Crippen LogP contribution in [0, 0.1) is 5.82 Å². The highest BCUT2D eigenvalue weighted by Crippen LogP contribution is 2.35. The van der Waals surface area contributed by atoms with E-state index >= 15 is 0 Å². The number of methoxy groups -OCH3 is 3. The average Bonchev–Trinajstić information content (AvgIpc) is 3.49. The second kappa shape index (κ2) is 11.7. The number of amides is 1. The van der Waals surface area contributed by atoms with Gasteiger partial charge < -0.3 is 23.8 Å². The minimum atomic E-state index is -0.388. The van der Waals surface area contributed by atoms with E-state index in [9.17, 15) is 9.18 Å². The van der Waals surface area contributed by atoms with Gasteiger partial charge in [-0.25, -0.2) is 9.37 Å². The Morgan fingerprint density at radius 3 is 2.46 bits per heavy atom. The van der Waals surface area contributed by atoms with E-state index in [1.807, 2.05) is 42.5 Å². The van der Waals surface area contributed by atoms with Gasteiger partial charge in [0.25, 0.3) is 5.91 Å². The number of halogens is 1. The summed E-state index contributed by atoms with van der Waals surface area (Å²) in [6.07, 6.45) is 1.77. The van der Waals surface area contributed by atoms with Gasteiger partial charge in [0.1, 0.15) is 11.6 Å². The number of carbonyl (C=O) groups excluding carboxylic acids is 1. The Kier molecular flexibility index (Phi) is 7.93. The molecule has 2 heterocycles. The number of rotatable bonds is 9. The van der Waals surface area contributed by atoms with Crippen molar-refractivity contribution >= 4 is 16.8 Å². The van der Waals surface area contributed by atoms with Crippen LogP contribution in [-0.2, 0) is 11.3 Å². The van der Waals surface area contributed by atoms with Gasteiger partial charge in [-0.1, -0.05) is 12.1 Å². The molecule has 0 radical (unpaired) electrons. The van der Waals surface area contributed by atoms with E-state index in [0.717, 1.165) is 40.6 Å². The first-order valence-corrected chi connectivity index (χ1v) is 12.9. The Balaban J connectivity index is 1.62. The quantitative estimate of drug-likeness (QED) is 0.269. The van der Waals surface area contributed by atoms with Gasteiger partial charge in [0.15, 0.2) is 11.5 Å². The molecular formula is C31H31FN2O5. The maximum absolute atomic E-state index is 13.7. The van der Waals surface area contributed by atoms with Crippen LogP contribution in [0.1, 0.15) is 28.8 Å². The molecule has 202 valence electrons. The third kappa shape index (κ3) is 5.81. The fourth-order valence-electron chi connectivity index (χ4n) is 4.92. The van der Waals surface area contributed by atoms with Crippen molar-refractivity contribution in [1.29, 1.82) is 0 Å². The summed E-state index contributed by atoms with van der Waals surface area (Å²) >= 11 is 0. The molecule has 1 unspecified atom stereocenters. The van der Waals surface area contributed by atoms with Crippen LogP contribution in [0.15, 0.2) is 66.7 Å². The van der Waals surface area contributed by atoms with Crippen LogP contribution in [0.25, 0.3) is 22.2 Å². The number of fused-ring (bicyclic) bond motifs is 1. The molecule has 1 saturated heterocycles. The van der Waals surface area contributed by atoms with Crippen molar-refractivity contribution in [3.63, 3.8) is 0 Å². The van der Waals surface area contributed by atoms with Crippen molar-refractivity contribution in [2.45, 2.75) is 25.5 Å². The highest BCUT2D eigenvalue weighted by Gasteiger charge is 2.25. The van der Waals surface area contributed by atoms with Gasteiger partial charge >= 0.3 is 0 Å². The summed E-state index contributed by atoms with van der Waals surface area (Å²) in [5, 5.41) is 0.848. The standard InChI is InChI=1S/C31H31FN2O5/c1-36-25-7-4-6-21(15-25)30-23(14-22-16-28(37-2)29(38-3)17-27(22)33-30)18-34(19-26-8-5-13-39-26)31(35)20-9-11-24(32)12-10-20/h4,6-7,9-12,14-17,26H,5,8,13,18-19H2,1-3H3. The Bertz CT molecular complexity index is 1470. The predicted molar refractivity (Wildman–Crippen MR) is 147 cm³/mol. The van der Waals surface area contributed by atoms with Gasteiger partial charge in [-0.05, 0) is 66.9 Å². The molecule has 0 N–H and O–H groups in total. The van der Waals surface area contributed by atoms with Gasteiger partial charge in [-0.2, -0.15) is 0 Å². The zero-order valence-corrected chi connectivity index (χ0v) is 22.3. The largest absolute Gasteiger partial charge is 0.497 e. The van der Waals surface area contributed by atoms with Crippen LogP contribution < -0.4 is 14.2 Å². The van der Waals surface area contributed by atoms with Crippen molar-refractivity contribution in [2.24, 2.45) is 0 Å². The molecular weight excluding hydrogens is 499 g/mol. The molecule has 3 aromatic carbocycles. The molecule has 0 aliphatic carbocycles. The summed E-state index contributed by atoms with van der Waals surface area (Å²) in [6.45, 7) is 1.37. The van der Waals surface area contributed by atoms with Gasteiger partial charge in [-0.15, -0.1) is 0 Å². The molecule has 0 bridgehead atoms.